The highest BCUT2D eigenvalue weighted by atomic mass is 16.7. The van der Waals surface area contributed by atoms with Gasteiger partial charge in [-0.3, -0.25) is 19.3 Å². The summed E-state index contributed by atoms with van der Waals surface area (Å²) in [4.78, 5) is 63.3. The minimum absolute atomic E-state index is 0.147. The van der Waals surface area contributed by atoms with E-state index in [4.69, 9.17) is 29.4 Å². The molecular formula is C28H37N3O10. The van der Waals surface area contributed by atoms with Gasteiger partial charge >= 0.3 is 18.2 Å². The van der Waals surface area contributed by atoms with E-state index in [-0.39, 0.29) is 24.3 Å². The summed E-state index contributed by atoms with van der Waals surface area (Å²) in [6.07, 6.45) is -3.75. The average molecular weight is 576 g/mol. The summed E-state index contributed by atoms with van der Waals surface area (Å²) in [5.74, 6) is -0.215. The number of likely N-dealkylation sites (tertiary alicyclic amines) is 1. The molecule has 1 amide bonds. The topological polar surface area (TPSA) is 173 Å². The number of amides is 1. The van der Waals surface area contributed by atoms with Gasteiger partial charge in [-0.05, 0) is 65.7 Å². The number of nitrogens with zero attached hydrogens (tertiary/aromatic N) is 1. The van der Waals surface area contributed by atoms with Crippen LogP contribution in [0.5, 0.6) is 5.75 Å². The van der Waals surface area contributed by atoms with E-state index in [0.29, 0.717) is 5.75 Å². The van der Waals surface area contributed by atoms with Gasteiger partial charge in [-0.2, -0.15) is 0 Å². The first-order valence-corrected chi connectivity index (χ1v) is 13.0. The predicted molar refractivity (Wildman–Crippen MR) is 149 cm³/mol. The average Bonchev–Trinajstić information content (AvgIpc) is 3.18. The number of anilines is 2. The predicted octanol–water partition coefficient (Wildman–Crippen LogP) is 2.38. The highest BCUT2D eigenvalue weighted by molar-refractivity contribution is 5.79. The fourth-order valence-electron chi connectivity index (χ4n) is 4.21. The van der Waals surface area contributed by atoms with Crippen molar-refractivity contribution in [3.8, 4) is 5.75 Å². The first-order valence-electron chi connectivity index (χ1n) is 13.0. The number of esters is 1. The molecule has 1 fully saturated rings. The molecule has 224 valence electrons. The van der Waals surface area contributed by atoms with E-state index in [1.165, 1.54) is 12.0 Å². The van der Waals surface area contributed by atoms with Crippen molar-refractivity contribution in [2.45, 2.75) is 77.4 Å². The lowest BCUT2D eigenvalue weighted by Crippen LogP contribution is -2.46. The Morgan fingerprint density at radius 2 is 1.56 bits per heavy atom. The molecule has 2 aromatic carbocycles. The van der Waals surface area contributed by atoms with Crippen LogP contribution in [0.2, 0.25) is 0 Å². The summed E-state index contributed by atoms with van der Waals surface area (Å²) in [5.41, 5.74) is 2.48. The van der Waals surface area contributed by atoms with Crippen molar-refractivity contribution < 1.29 is 38.1 Å². The molecule has 1 saturated heterocycles. The molecule has 0 aromatic heterocycles. The van der Waals surface area contributed by atoms with Gasteiger partial charge in [0.1, 0.15) is 34.9 Å². The Kier molecular flexibility index (Phi) is 9.19. The first-order chi connectivity index (χ1) is 19.0. The van der Waals surface area contributed by atoms with Gasteiger partial charge in [-0.15, -0.1) is 0 Å². The van der Waals surface area contributed by atoms with Crippen LogP contribution in [0.25, 0.3) is 0 Å². The third kappa shape index (κ3) is 8.12. The van der Waals surface area contributed by atoms with E-state index in [9.17, 15) is 24.0 Å². The van der Waals surface area contributed by atoms with Crippen LogP contribution in [-0.4, -0.2) is 72.8 Å². The lowest BCUT2D eigenvalue weighted by molar-refractivity contribution is -0.153. The van der Waals surface area contributed by atoms with Gasteiger partial charge in [0.2, 0.25) is 0 Å². The molecule has 41 heavy (non-hydrogen) atoms. The van der Waals surface area contributed by atoms with Crippen LogP contribution < -0.4 is 26.6 Å². The molecule has 3 rings (SSSR count). The van der Waals surface area contributed by atoms with E-state index in [1.54, 1.807) is 65.8 Å². The largest absolute Gasteiger partial charge is 0.509 e. The second-order valence-electron chi connectivity index (χ2n) is 11.6. The molecular weight excluding hydrogens is 538 g/mol. The molecule has 0 aliphatic carbocycles. The van der Waals surface area contributed by atoms with Crippen molar-refractivity contribution in [2.75, 3.05) is 31.2 Å². The minimum atomic E-state index is -1.14. The zero-order chi connectivity index (χ0) is 30.7. The Balaban J connectivity index is 1.91. The molecule has 2 aromatic rings. The van der Waals surface area contributed by atoms with Crippen molar-refractivity contribution in [2.24, 2.45) is 0 Å². The third-order valence-electron chi connectivity index (χ3n) is 6.02. The Labute approximate surface area is 237 Å². The molecule has 3 atom stereocenters. The summed E-state index contributed by atoms with van der Waals surface area (Å²) < 4.78 is 27.4. The highest BCUT2D eigenvalue weighted by Gasteiger charge is 2.50. The Morgan fingerprint density at radius 1 is 0.951 bits per heavy atom. The quantitative estimate of drug-likeness (QED) is 0.268. The number of hydrogen-bond donors (Lipinski definition) is 2. The molecule has 1 aliphatic heterocycles. The van der Waals surface area contributed by atoms with Crippen LogP contribution in [0.4, 0.5) is 21.0 Å². The Bertz CT molecular complexity index is 1330. The molecule has 13 nitrogen and oxygen atoms in total. The van der Waals surface area contributed by atoms with Gasteiger partial charge in [0.15, 0.2) is 12.2 Å². The maximum atomic E-state index is 13.3. The molecule has 1 aliphatic rings. The number of benzene rings is 1. The second kappa shape index (κ2) is 12.1. The van der Waals surface area contributed by atoms with Crippen molar-refractivity contribution in [1.82, 2.24) is 4.90 Å². The Morgan fingerprint density at radius 3 is 2.10 bits per heavy atom. The number of methoxy groups -OCH3 is 1. The number of rotatable bonds is 8. The van der Waals surface area contributed by atoms with Crippen molar-refractivity contribution in [3.63, 3.8) is 0 Å². The number of nitrogen functional groups attached to an aromatic ring is 1. The SMILES string of the molecule is COc1ccc(C[C@@H]2[C@H](OC(=O)CNc3c(N)c(=O)c3=O)[C@@H](OC(=O)OC(C)(C)C)CN2C(=O)OC(C)(C)C)cc1. The maximum absolute atomic E-state index is 13.3. The van der Waals surface area contributed by atoms with E-state index in [1.807, 2.05) is 0 Å². The van der Waals surface area contributed by atoms with Gasteiger partial charge < -0.3 is 34.7 Å². The van der Waals surface area contributed by atoms with Crippen LogP contribution in [0.15, 0.2) is 33.9 Å². The van der Waals surface area contributed by atoms with E-state index >= 15 is 0 Å². The van der Waals surface area contributed by atoms with Crippen molar-refractivity contribution in [1.29, 1.82) is 0 Å². The summed E-state index contributed by atoms with van der Waals surface area (Å²) >= 11 is 0. The number of nitrogens with one attached hydrogen (secondary N) is 1. The zero-order valence-corrected chi connectivity index (χ0v) is 24.3. The van der Waals surface area contributed by atoms with E-state index in [2.05, 4.69) is 5.32 Å². The summed E-state index contributed by atoms with van der Waals surface area (Å²) in [5, 5.41) is 2.51. The summed E-state index contributed by atoms with van der Waals surface area (Å²) in [6, 6.07) is 6.27. The molecule has 1 heterocycles. The highest BCUT2D eigenvalue weighted by Crippen LogP contribution is 2.30. The standard InChI is InChI=1S/C28H37N3O10/c1-27(2,3)40-25(35)31-14-18(38-26(36)41-28(4,5)6)24(17(31)12-15-8-10-16(37-7)11-9-15)39-19(32)13-30-21-20(29)22(33)23(21)34/h8-11,17-18,24,30H,12-14,29H2,1-7H3/t17-,18+,24+/m1/s1. The normalized spacial score (nSPS) is 19.0. The molecule has 0 bridgehead atoms. The third-order valence-corrected chi connectivity index (χ3v) is 6.02. The first kappa shape index (κ1) is 31.2. The number of carbonyl (C=O) groups is 3. The van der Waals surface area contributed by atoms with Crippen LogP contribution in [0, 0.1) is 0 Å². The summed E-state index contributed by atoms with van der Waals surface area (Å²) in [6.45, 7) is 9.48. The number of hydrogen-bond acceptors (Lipinski definition) is 12. The summed E-state index contributed by atoms with van der Waals surface area (Å²) in [7, 11) is 1.54. The van der Waals surface area contributed by atoms with Gasteiger partial charge in [0.25, 0.3) is 10.9 Å². The monoisotopic (exact) mass is 575 g/mol. The number of carbonyl (C=O) groups excluding carboxylic acids is 3. The van der Waals surface area contributed by atoms with E-state index in [0.717, 1.165) is 5.56 Å². The molecule has 0 saturated carbocycles. The van der Waals surface area contributed by atoms with Gasteiger partial charge in [-0.25, -0.2) is 9.59 Å². The molecule has 0 radical (unpaired) electrons. The minimum Gasteiger partial charge on any atom is -0.497 e. The van der Waals surface area contributed by atoms with Crippen molar-refractivity contribution in [3.05, 3.63) is 50.3 Å². The fraction of sp³-hybridized carbons (Fsp3) is 0.536. The lowest BCUT2D eigenvalue weighted by atomic mass is 10.0. The van der Waals surface area contributed by atoms with Crippen LogP contribution in [-0.2, 0) is 30.2 Å². The van der Waals surface area contributed by atoms with Gasteiger partial charge in [0.05, 0.1) is 19.7 Å². The van der Waals surface area contributed by atoms with Crippen LogP contribution in [0.1, 0.15) is 47.1 Å². The Hall–Kier alpha value is -4.29. The number of nitrogens with two attached hydrogens (primary N) is 1. The van der Waals surface area contributed by atoms with Gasteiger partial charge in [-0.1, -0.05) is 12.1 Å². The molecule has 0 spiro atoms. The van der Waals surface area contributed by atoms with Crippen molar-refractivity contribution >= 4 is 29.6 Å². The molecule has 0 unspecified atom stereocenters. The molecule has 3 N–H and O–H groups in total. The second-order valence-corrected chi connectivity index (χ2v) is 11.6. The lowest BCUT2D eigenvalue weighted by Gasteiger charge is -2.30. The van der Waals surface area contributed by atoms with Crippen LogP contribution >= 0.6 is 0 Å². The fourth-order valence-corrected chi connectivity index (χ4v) is 4.21. The maximum Gasteiger partial charge on any atom is 0.509 e. The van der Waals surface area contributed by atoms with E-state index < -0.39 is 65.1 Å². The van der Waals surface area contributed by atoms with Gasteiger partial charge in [0, 0.05) is 0 Å². The number of ether oxygens (including phenoxy) is 5. The van der Waals surface area contributed by atoms with Crippen LogP contribution in [0.3, 0.4) is 0 Å². The smallest absolute Gasteiger partial charge is 0.497 e. The zero-order valence-electron chi connectivity index (χ0n) is 24.3. The molecule has 13 heteroatoms.